The van der Waals surface area contributed by atoms with Crippen molar-refractivity contribution in [3.05, 3.63) is 17.8 Å². The van der Waals surface area contributed by atoms with Crippen molar-refractivity contribution in [1.29, 1.82) is 0 Å². The normalized spacial score (nSPS) is 19.3. The molecule has 118 valence electrons. The Hall–Kier alpha value is -0.820. The van der Waals surface area contributed by atoms with Gasteiger partial charge in [0.05, 0.1) is 35.7 Å². The summed E-state index contributed by atoms with van der Waals surface area (Å²) in [7, 11) is 5.86. The van der Waals surface area contributed by atoms with Crippen molar-refractivity contribution in [2.24, 2.45) is 0 Å². The van der Waals surface area contributed by atoms with Gasteiger partial charge in [-0.05, 0) is 32.5 Å². The Morgan fingerprint density at radius 2 is 2.29 bits per heavy atom. The van der Waals surface area contributed by atoms with E-state index in [1.165, 1.54) is 5.69 Å². The minimum absolute atomic E-state index is 0.135. The van der Waals surface area contributed by atoms with Crippen molar-refractivity contribution in [1.82, 2.24) is 9.88 Å². The van der Waals surface area contributed by atoms with Gasteiger partial charge in [0.1, 0.15) is 0 Å². The Balaban J connectivity index is 2.20. The summed E-state index contributed by atoms with van der Waals surface area (Å²) in [5, 5.41) is 1.07. The van der Waals surface area contributed by atoms with Crippen LogP contribution in [-0.2, 0) is 16.0 Å². The van der Waals surface area contributed by atoms with E-state index in [1.54, 1.807) is 18.9 Å². The Kier molecular flexibility index (Phi) is 6.29. The van der Waals surface area contributed by atoms with Gasteiger partial charge in [-0.3, -0.25) is 0 Å². The smallest absolute Gasteiger partial charge is 0.0983 e. The molecule has 2 heterocycles. The first-order chi connectivity index (χ1) is 10.1. The number of rotatable bonds is 6. The highest BCUT2D eigenvalue weighted by Gasteiger charge is 2.23. The number of nitrogens with zero attached hydrogens (tertiary/aromatic N) is 3. The standard InChI is InChI=1S/C15H25N3O2S/c1-17(2)10-13-14(5-6-15(16-13)21-4)18-7-8-20-12(9-18)11-19-3/h5-6,12H,7-11H2,1-4H3/t12-/m0/s1. The van der Waals surface area contributed by atoms with Crippen LogP contribution in [0.5, 0.6) is 0 Å². The van der Waals surface area contributed by atoms with Crippen LogP contribution in [-0.4, -0.2) is 69.8 Å². The van der Waals surface area contributed by atoms with E-state index in [0.717, 1.165) is 37.0 Å². The summed E-state index contributed by atoms with van der Waals surface area (Å²) in [6, 6.07) is 4.28. The van der Waals surface area contributed by atoms with Crippen LogP contribution in [0.1, 0.15) is 5.69 Å². The zero-order valence-corrected chi connectivity index (χ0v) is 14.2. The summed E-state index contributed by atoms with van der Waals surface area (Å²) < 4.78 is 11.0. The highest BCUT2D eigenvalue weighted by molar-refractivity contribution is 7.98. The molecule has 1 aromatic heterocycles. The Morgan fingerprint density at radius 1 is 1.48 bits per heavy atom. The largest absolute Gasteiger partial charge is 0.382 e. The van der Waals surface area contributed by atoms with Crippen LogP contribution in [0.4, 0.5) is 5.69 Å². The van der Waals surface area contributed by atoms with Gasteiger partial charge in [0.15, 0.2) is 0 Å². The molecule has 0 amide bonds. The molecule has 0 bridgehead atoms. The molecule has 1 atom stereocenters. The van der Waals surface area contributed by atoms with Gasteiger partial charge in [-0.2, -0.15) is 0 Å². The van der Waals surface area contributed by atoms with Crippen LogP contribution in [0, 0.1) is 0 Å². The topological polar surface area (TPSA) is 37.8 Å². The molecule has 21 heavy (non-hydrogen) atoms. The second-order valence-corrected chi connectivity index (χ2v) is 6.28. The first kappa shape index (κ1) is 16.5. The summed E-state index contributed by atoms with van der Waals surface area (Å²) in [4.78, 5) is 9.31. The SMILES string of the molecule is COC[C@@H]1CN(c2ccc(SC)nc2CN(C)C)CCO1. The molecule has 0 saturated carbocycles. The lowest BCUT2D eigenvalue weighted by molar-refractivity contribution is -0.0101. The first-order valence-electron chi connectivity index (χ1n) is 7.18. The molecule has 1 aliphatic heterocycles. The zero-order chi connectivity index (χ0) is 15.2. The molecule has 1 fully saturated rings. The summed E-state index contributed by atoms with van der Waals surface area (Å²) >= 11 is 1.68. The number of anilines is 1. The van der Waals surface area contributed by atoms with Gasteiger partial charge in [-0.25, -0.2) is 4.98 Å². The van der Waals surface area contributed by atoms with Gasteiger partial charge < -0.3 is 19.3 Å². The van der Waals surface area contributed by atoms with E-state index in [2.05, 4.69) is 42.3 Å². The fourth-order valence-electron chi connectivity index (χ4n) is 2.52. The molecule has 1 saturated heterocycles. The number of pyridine rings is 1. The molecule has 0 N–H and O–H groups in total. The minimum Gasteiger partial charge on any atom is -0.382 e. The maximum absolute atomic E-state index is 5.73. The predicted octanol–water partition coefficient (Wildman–Crippen LogP) is 1.72. The molecule has 0 aromatic carbocycles. The summed E-state index contributed by atoms with van der Waals surface area (Å²) in [6.07, 6.45) is 2.20. The fourth-order valence-corrected chi connectivity index (χ4v) is 2.92. The van der Waals surface area contributed by atoms with Gasteiger partial charge in [0, 0.05) is 26.7 Å². The second kappa shape index (κ2) is 7.98. The van der Waals surface area contributed by atoms with Crippen molar-refractivity contribution >= 4 is 17.4 Å². The van der Waals surface area contributed by atoms with Crippen LogP contribution in [0.15, 0.2) is 17.2 Å². The van der Waals surface area contributed by atoms with Crippen LogP contribution < -0.4 is 4.90 Å². The maximum Gasteiger partial charge on any atom is 0.0983 e. The van der Waals surface area contributed by atoms with E-state index in [4.69, 9.17) is 14.5 Å². The fraction of sp³-hybridized carbons (Fsp3) is 0.667. The Morgan fingerprint density at radius 3 is 2.95 bits per heavy atom. The van der Waals surface area contributed by atoms with E-state index in [0.29, 0.717) is 6.61 Å². The van der Waals surface area contributed by atoms with Gasteiger partial charge in [-0.15, -0.1) is 11.8 Å². The molecule has 6 heteroatoms. The molecular formula is C15H25N3O2S. The summed E-state index contributed by atoms with van der Waals surface area (Å²) in [5.41, 5.74) is 2.34. The number of ether oxygens (including phenoxy) is 2. The number of aromatic nitrogens is 1. The highest BCUT2D eigenvalue weighted by Crippen LogP contribution is 2.25. The van der Waals surface area contributed by atoms with Crippen LogP contribution in [0.25, 0.3) is 0 Å². The lowest BCUT2D eigenvalue weighted by atomic mass is 10.2. The molecule has 0 unspecified atom stereocenters. The molecule has 5 nitrogen and oxygen atoms in total. The predicted molar refractivity (Wildman–Crippen MR) is 87.2 cm³/mol. The third kappa shape index (κ3) is 4.57. The van der Waals surface area contributed by atoms with Crippen LogP contribution >= 0.6 is 11.8 Å². The van der Waals surface area contributed by atoms with Crippen LogP contribution in [0.2, 0.25) is 0 Å². The number of methoxy groups -OCH3 is 1. The van der Waals surface area contributed by atoms with E-state index in [9.17, 15) is 0 Å². The van der Waals surface area contributed by atoms with Gasteiger partial charge in [-0.1, -0.05) is 0 Å². The lowest BCUT2D eigenvalue weighted by Crippen LogP contribution is -2.45. The van der Waals surface area contributed by atoms with E-state index >= 15 is 0 Å². The van der Waals surface area contributed by atoms with E-state index in [-0.39, 0.29) is 6.10 Å². The number of hydrogen-bond donors (Lipinski definition) is 0. The monoisotopic (exact) mass is 311 g/mol. The lowest BCUT2D eigenvalue weighted by Gasteiger charge is -2.35. The first-order valence-corrected chi connectivity index (χ1v) is 8.40. The van der Waals surface area contributed by atoms with E-state index in [1.807, 2.05) is 0 Å². The minimum atomic E-state index is 0.135. The van der Waals surface area contributed by atoms with Crippen molar-refractivity contribution in [2.75, 3.05) is 58.7 Å². The molecule has 0 spiro atoms. The summed E-state index contributed by atoms with van der Waals surface area (Å²) in [6.45, 7) is 3.97. The van der Waals surface area contributed by atoms with E-state index < -0.39 is 0 Å². The van der Waals surface area contributed by atoms with Crippen molar-refractivity contribution < 1.29 is 9.47 Å². The zero-order valence-electron chi connectivity index (χ0n) is 13.3. The molecule has 0 radical (unpaired) electrons. The molecule has 0 aliphatic carbocycles. The molecule has 1 aliphatic rings. The molecular weight excluding hydrogens is 286 g/mol. The van der Waals surface area contributed by atoms with Gasteiger partial charge >= 0.3 is 0 Å². The highest BCUT2D eigenvalue weighted by atomic mass is 32.2. The summed E-state index contributed by atoms with van der Waals surface area (Å²) in [5.74, 6) is 0. The van der Waals surface area contributed by atoms with Gasteiger partial charge in [0.25, 0.3) is 0 Å². The number of morpholine rings is 1. The number of thioether (sulfide) groups is 1. The maximum atomic E-state index is 5.73. The van der Waals surface area contributed by atoms with Gasteiger partial charge in [0.2, 0.25) is 0 Å². The average molecular weight is 311 g/mol. The molecule has 2 rings (SSSR count). The van der Waals surface area contributed by atoms with Crippen molar-refractivity contribution in [3.63, 3.8) is 0 Å². The van der Waals surface area contributed by atoms with Crippen LogP contribution in [0.3, 0.4) is 0 Å². The Bertz CT molecular complexity index is 455. The average Bonchev–Trinajstić information content (AvgIpc) is 2.47. The molecule has 1 aromatic rings. The third-order valence-corrected chi connectivity index (χ3v) is 4.08. The third-order valence-electron chi connectivity index (χ3n) is 3.43. The number of hydrogen-bond acceptors (Lipinski definition) is 6. The quantitative estimate of drug-likeness (QED) is 0.745. The van der Waals surface area contributed by atoms with Crippen molar-refractivity contribution in [2.45, 2.75) is 17.7 Å². The second-order valence-electron chi connectivity index (χ2n) is 5.45. The van der Waals surface area contributed by atoms with Crippen molar-refractivity contribution in [3.8, 4) is 0 Å². The Labute approximate surface area is 131 Å².